The van der Waals surface area contributed by atoms with Crippen LogP contribution in [0.2, 0.25) is 0 Å². The number of rotatable bonds is 2. The van der Waals surface area contributed by atoms with Crippen molar-refractivity contribution >= 4 is 0 Å². The van der Waals surface area contributed by atoms with Gasteiger partial charge in [-0.2, -0.15) is 5.10 Å². The normalized spacial score (nSPS) is 10.2. The van der Waals surface area contributed by atoms with Crippen LogP contribution in [0.15, 0.2) is 31.1 Å². The number of nitrogens with zero attached hydrogens (tertiary/aromatic N) is 4. The average Bonchev–Trinajstić information content (AvgIpc) is 2.70. The lowest BCUT2D eigenvalue weighted by atomic mass is 10.2. The summed E-state index contributed by atoms with van der Waals surface area (Å²) in [6, 6.07) is 1.86. The van der Waals surface area contributed by atoms with Gasteiger partial charge < -0.3 is 5.73 Å². The molecular weight excluding hydrogens is 166 g/mol. The quantitative estimate of drug-likeness (QED) is 0.703. The van der Waals surface area contributed by atoms with Crippen LogP contribution in [0.5, 0.6) is 0 Å². The highest BCUT2D eigenvalue weighted by atomic mass is 15.3. The van der Waals surface area contributed by atoms with Crippen LogP contribution < -0.4 is 5.73 Å². The van der Waals surface area contributed by atoms with Gasteiger partial charge in [-0.1, -0.05) is 0 Å². The molecule has 2 heterocycles. The van der Waals surface area contributed by atoms with Crippen molar-refractivity contribution < 1.29 is 0 Å². The fourth-order valence-corrected chi connectivity index (χ4v) is 1.13. The van der Waals surface area contributed by atoms with E-state index in [1.165, 1.54) is 6.33 Å². The van der Waals surface area contributed by atoms with E-state index in [1.807, 2.05) is 6.07 Å². The molecule has 0 fully saturated rings. The summed E-state index contributed by atoms with van der Waals surface area (Å²) in [5, 5.41) is 4.02. The van der Waals surface area contributed by atoms with E-state index in [0.29, 0.717) is 6.54 Å². The van der Waals surface area contributed by atoms with Crippen LogP contribution in [0, 0.1) is 0 Å². The largest absolute Gasteiger partial charge is 0.326 e. The van der Waals surface area contributed by atoms with E-state index >= 15 is 0 Å². The fourth-order valence-electron chi connectivity index (χ4n) is 1.13. The maximum atomic E-state index is 5.56. The molecule has 5 nitrogen and oxygen atoms in total. The topological polar surface area (TPSA) is 69.6 Å². The molecule has 0 spiro atoms. The van der Waals surface area contributed by atoms with E-state index in [9.17, 15) is 0 Å². The minimum Gasteiger partial charge on any atom is -0.326 e. The summed E-state index contributed by atoms with van der Waals surface area (Å²) < 4.78 is 1.67. The molecule has 0 aliphatic heterocycles. The summed E-state index contributed by atoms with van der Waals surface area (Å²) in [6.45, 7) is 0.447. The lowest BCUT2D eigenvalue weighted by Crippen LogP contribution is -2.05. The van der Waals surface area contributed by atoms with Crippen molar-refractivity contribution in [2.45, 2.75) is 6.54 Å². The first-order valence-electron chi connectivity index (χ1n) is 3.90. The summed E-state index contributed by atoms with van der Waals surface area (Å²) in [7, 11) is 0. The Morgan fingerprint density at radius 1 is 1.38 bits per heavy atom. The Morgan fingerprint density at radius 3 is 3.00 bits per heavy atom. The Balaban J connectivity index is 2.51. The molecule has 0 atom stereocenters. The Morgan fingerprint density at radius 2 is 2.31 bits per heavy atom. The van der Waals surface area contributed by atoms with Crippen LogP contribution >= 0.6 is 0 Å². The molecule has 0 saturated heterocycles. The Bertz CT molecular complexity index is 381. The zero-order valence-corrected chi connectivity index (χ0v) is 6.96. The van der Waals surface area contributed by atoms with Gasteiger partial charge in [0.25, 0.3) is 0 Å². The van der Waals surface area contributed by atoms with Crippen LogP contribution in [0.25, 0.3) is 5.69 Å². The van der Waals surface area contributed by atoms with Gasteiger partial charge in [0, 0.05) is 24.5 Å². The number of pyridine rings is 1. The van der Waals surface area contributed by atoms with Crippen molar-refractivity contribution in [3.8, 4) is 5.69 Å². The first-order valence-corrected chi connectivity index (χ1v) is 3.90. The Hall–Kier alpha value is -1.75. The van der Waals surface area contributed by atoms with Crippen LogP contribution in [-0.4, -0.2) is 19.7 Å². The monoisotopic (exact) mass is 175 g/mol. The maximum Gasteiger partial charge on any atom is 0.138 e. The summed E-state index contributed by atoms with van der Waals surface area (Å²) >= 11 is 0. The SMILES string of the molecule is NCc1cnccc1-n1cncn1. The van der Waals surface area contributed by atoms with Gasteiger partial charge >= 0.3 is 0 Å². The lowest BCUT2D eigenvalue weighted by Gasteiger charge is -2.04. The first-order chi connectivity index (χ1) is 6.42. The molecule has 0 aliphatic rings. The predicted molar refractivity (Wildman–Crippen MR) is 47.0 cm³/mol. The Labute approximate surface area is 75.2 Å². The molecule has 0 amide bonds. The van der Waals surface area contributed by atoms with E-state index in [4.69, 9.17) is 5.73 Å². The van der Waals surface area contributed by atoms with Gasteiger partial charge in [-0.15, -0.1) is 0 Å². The van der Waals surface area contributed by atoms with Crippen LogP contribution in [0.3, 0.4) is 0 Å². The van der Waals surface area contributed by atoms with E-state index in [-0.39, 0.29) is 0 Å². The lowest BCUT2D eigenvalue weighted by molar-refractivity contribution is 0.851. The van der Waals surface area contributed by atoms with Gasteiger partial charge in [0.15, 0.2) is 0 Å². The minimum absolute atomic E-state index is 0.447. The molecule has 13 heavy (non-hydrogen) atoms. The number of hydrogen-bond donors (Lipinski definition) is 1. The van der Waals surface area contributed by atoms with Crippen LogP contribution in [0.4, 0.5) is 0 Å². The number of nitrogens with two attached hydrogens (primary N) is 1. The summed E-state index contributed by atoms with van der Waals surface area (Å²) in [6.07, 6.45) is 6.56. The van der Waals surface area contributed by atoms with Gasteiger partial charge in [0.05, 0.1) is 5.69 Å². The third-order valence-corrected chi connectivity index (χ3v) is 1.76. The van der Waals surface area contributed by atoms with Crippen molar-refractivity contribution in [2.75, 3.05) is 0 Å². The molecule has 5 heteroatoms. The number of aromatic nitrogens is 4. The van der Waals surface area contributed by atoms with Crippen molar-refractivity contribution in [2.24, 2.45) is 5.73 Å². The highest BCUT2D eigenvalue weighted by molar-refractivity contribution is 5.36. The van der Waals surface area contributed by atoms with Gasteiger partial charge in [0.1, 0.15) is 12.7 Å². The van der Waals surface area contributed by atoms with Crippen molar-refractivity contribution in [1.29, 1.82) is 0 Å². The van der Waals surface area contributed by atoms with Gasteiger partial charge in [-0.3, -0.25) is 4.98 Å². The van der Waals surface area contributed by atoms with E-state index in [0.717, 1.165) is 11.3 Å². The molecule has 0 bridgehead atoms. The van der Waals surface area contributed by atoms with Crippen LogP contribution in [0.1, 0.15) is 5.56 Å². The van der Waals surface area contributed by atoms with Gasteiger partial charge in [0.2, 0.25) is 0 Å². The third-order valence-electron chi connectivity index (χ3n) is 1.76. The molecule has 0 unspecified atom stereocenters. The standard InChI is InChI=1S/C8H9N5/c9-3-7-4-10-2-1-8(7)13-6-11-5-12-13/h1-2,4-6H,3,9H2. The fraction of sp³-hybridized carbons (Fsp3) is 0.125. The molecule has 66 valence electrons. The van der Waals surface area contributed by atoms with Gasteiger partial charge in [-0.25, -0.2) is 9.67 Å². The van der Waals surface area contributed by atoms with E-state index in [1.54, 1.807) is 23.4 Å². The summed E-state index contributed by atoms with van der Waals surface area (Å²) in [5.41, 5.74) is 7.43. The van der Waals surface area contributed by atoms with Crippen LogP contribution in [-0.2, 0) is 6.54 Å². The minimum atomic E-state index is 0.447. The Kier molecular flexibility index (Phi) is 2.01. The smallest absolute Gasteiger partial charge is 0.138 e. The summed E-state index contributed by atoms with van der Waals surface area (Å²) in [4.78, 5) is 7.85. The van der Waals surface area contributed by atoms with Gasteiger partial charge in [-0.05, 0) is 6.07 Å². The highest BCUT2D eigenvalue weighted by Gasteiger charge is 2.02. The molecule has 0 aromatic carbocycles. The zero-order chi connectivity index (χ0) is 9.10. The molecule has 0 saturated carbocycles. The van der Waals surface area contributed by atoms with E-state index < -0.39 is 0 Å². The van der Waals surface area contributed by atoms with Crippen molar-refractivity contribution in [1.82, 2.24) is 19.7 Å². The maximum absolute atomic E-state index is 5.56. The van der Waals surface area contributed by atoms with Crippen molar-refractivity contribution in [3.63, 3.8) is 0 Å². The molecule has 0 radical (unpaired) electrons. The number of hydrogen-bond acceptors (Lipinski definition) is 4. The molecule has 2 aromatic rings. The zero-order valence-electron chi connectivity index (χ0n) is 6.96. The van der Waals surface area contributed by atoms with Crippen molar-refractivity contribution in [3.05, 3.63) is 36.7 Å². The molecule has 2 rings (SSSR count). The molecular formula is C8H9N5. The highest BCUT2D eigenvalue weighted by Crippen LogP contribution is 2.09. The molecule has 2 aromatic heterocycles. The predicted octanol–water partition coefficient (Wildman–Crippen LogP) is 0.121. The molecule has 2 N–H and O–H groups in total. The second-order valence-electron chi connectivity index (χ2n) is 2.55. The second kappa shape index (κ2) is 3.32. The average molecular weight is 175 g/mol. The summed E-state index contributed by atoms with van der Waals surface area (Å²) in [5.74, 6) is 0. The third kappa shape index (κ3) is 1.41. The first kappa shape index (κ1) is 7.88. The molecule has 0 aliphatic carbocycles. The van der Waals surface area contributed by atoms with E-state index in [2.05, 4.69) is 15.1 Å². The second-order valence-corrected chi connectivity index (χ2v) is 2.55.